The van der Waals surface area contributed by atoms with Crippen LogP contribution >= 0.6 is 0 Å². The molecule has 10 aromatic rings. The molecule has 2 heteroatoms. The van der Waals surface area contributed by atoms with Crippen LogP contribution < -0.4 is 4.90 Å². The molecule has 1 aromatic heterocycles. The predicted molar refractivity (Wildman–Crippen MR) is 261 cm³/mol. The largest absolute Gasteiger partial charge is 0.455 e. The molecular weight excluding hydrogens is 763 g/mol. The molecule has 3 unspecified atom stereocenters. The van der Waals surface area contributed by atoms with Crippen LogP contribution in [0.3, 0.4) is 0 Å². The van der Waals surface area contributed by atoms with E-state index in [9.17, 15) is 0 Å². The van der Waals surface area contributed by atoms with E-state index in [-0.39, 0.29) is 11.8 Å². The second-order valence-corrected chi connectivity index (χ2v) is 17.1. The zero-order chi connectivity index (χ0) is 41.5. The van der Waals surface area contributed by atoms with E-state index in [0.717, 1.165) is 39.0 Å². The Morgan fingerprint density at radius 3 is 1.73 bits per heavy atom. The maximum atomic E-state index is 6.88. The van der Waals surface area contributed by atoms with E-state index in [2.05, 4.69) is 242 Å². The van der Waals surface area contributed by atoms with Crippen molar-refractivity contribution in [3.63, 3.8) is 0 Å². The van der Waals surface area contributed by atoms with Gasteiger partial charge >= 0.3 is 0 Å². The molecule has 1 spiro atoms. The molecular formula is C61H41NO. The number of benzene rings is 9. The van der Waals surface area contributed by atoms with Gasteiger partial charge in [-0.15, -0.1) is 0 Å². The van der Waals surface area contributed by atoms with Crippen LogP contribution in [0.4, 0.5) is 17.1 Å². The summed E-state index contributed by atoms with van der Waals surface area (Å²) in [6.07, 6.45) is 9.42. The maximum Gasteiger partial charge on any atom is 0.143 e. The highest BCUT2D eigenvalue weighted by Gasteiger charge is 2.58. The van der Waals surface area contributed by atoms with E-state index in [4.69, 9.17) is 4.42 Å². The number of nitrogens with zero attached hydrogens (tertiary/aromatic N) is 1. The van der Waals surface area contributed by atoms with Crippen LogP contribution in [-0.4, -0.2) is 0 Å². The minimum absolute atomic E-state index is 0.169. The predicted octanol–water partition coefficient (Wildman–Crippen LogP) is 16.2. The van der Waals surface area contributed by atoms with Crippen molar-refractivity contribution < 1.29 is 4.42 Å². The minimum Gasteiger partial charge on any atom is -0.455 e. The number of anilines is 3. The molecule has 63 heavy (non-hydrogen) atoms. The van der Waals surface area contributed by atoms with Gasteiger partial charge in [-0.1, -0.05) is 200 Å². The first-order chi connectivity index (χ1) is 31.3. The zero-order valence-electron chi connectivity index (χ0n) is 34.5. The fourth-order valence-electron chi connectivity index (χ4n) is 11.4. The van der Waals surface area contributed by atoms with Gasteiger partial charge in [0.15, 0.2) is 0 Å². The fraction of sp³-hybridized carbons (Fsp3) is 0.0492. The Labute approximate surface area is 367 Å². The number of rotatable bonds is 6. The van der Waals surface area contributed by atoms with Crippen molar-refractivity contribution in [2.45, 2.75) is 11.3 Å². The smallest absolute Gasteiger partial charge is 0.143 e. The Morgan fingerprint density at radius 2 is 1.00 bits per heavy atom. The number of hydrogen-bond acceptors (Lipinski definition) is 2. The van der Waals surface area contributed by atoms with E-state index in [0.29, 0.717) is 0 Å². The van der Waals surface area contributed by atoms with Gasteiger partial charge in [0.1, 0.15) is 11.2 Å². The molecule has 296 valence electrons. The quantitative estimate of drug-likeness (QED) is 0.166. The molecule has 3 aliphatic rings. The first kappa shape index (κ1) is 35.8. The third-order valence-electron chi connectivity index (χ3n) is 14.0. The SMILES string of the molecule is C1=CC2c3cccc(-c4ccccc4N(c4ccc(-c5ccccc5)cc4)c4ccc(-c5ccccc5)cc4)c3C3(c4ccccc4-c4c3ccc3c4oc4ccccc43)C2C=C1. The lowest BCUT2D eigenvalue weighted by atomic mass is 9.64. The van der Waals surface area contributed by atoms with Crippen LogP contribution in [0.5, 0.6) is 0 Å². The summed E-state index contributed by atoms with van der Waals surface area (Å²) in [4.78, 5) is 2.45. The summed E-state index contributed by atoms with van der Waals surface area (Å²) >= 11 is 0. The number of allylic oxidation sites excluding steroid dienone is 4. The molecule has 2 nitrogen and oxygen atoms in total. The molecule has 0 aliphatic heterocycles. The molecule has 0 N–H and O–H groups in total. The van der Waals surface area contributed by atoms with Gasteiger partial charge in [-0.25, -0.2) is 0 Å². The van der Waals surface area contributed by atoms with Crippen LogP contribution in [0.15, 0.2) is 241 Å². The first-order valence-electron chi connectivity index (χ1n) is 22.0. The molecule has 0 amide bonds. The number of hydrogen-bond donors (Lipinski definition) is 0. The van der Waals surface area contributed by atoms with Crippen molar-refractivity contribution in [1.29, 1.82) is 0 Å². The van der Waals surface area contributed by atoms with E-state index in [1.165, 1.54) is 66.8 Å². The van der Waals surface area contributed by atoms with Crippen LogP contribution in [-0.2, 0) is 5.41 Å². The van der Waals surface area contributed by atoms with Crippen molar-refractivity contribution in [3.05, 3.63) is 259 Å². The molecule has 0 saturated carbocycles. The molecule has 13 rings (SSSR count). The van der Waals surface area contributed by atoms with Gasteiger partial charge in [0.05, 0.1) is 11.1 Å². The van der Waals surface area contributed by atoms with Gasteiger partial charge in [-0.2, -0.15) is 0 Å². The van der Waals surface area contributed by atoms with Crippen molar-refractivity contribution >= 4 is 39.0 Å². The van der Waals surface area contributed by atoms with Gasteiger partial charge in [0.25, 0.3) is 0 Å². The highest BCUT2D eigenvalue weighted by atomic mass is 16.3. The molecule has 3 aliphatic carbocycles. The lowest BCUT2D eigenvalue weighted by Crippen LogP contribution is -2.33. The monoisotopic (exact) mass is 803 g/mol. The summed E-state index contributed by atoms with van der Waals surface area (Å²) in [5.74, 6) is 0.372. The molecule has 0 fully saturated rings. The van der Waals surface area contributed by atoms with Gasteiger partial charge < -0.3 is 9.32 Å². The maximum absolute atomic E-state index is 6.88. The van der Waals surface area contributed by atoms with Crippen LogP contribution in [0.25, 0.3) is 66.4 Å². The van der Waals surface area contributed by atoms with Crippen molar-refractivity contribution in [3.8, 4) is 44.5 Å². The molecule has 1 heterocycles. The first-order valence-corrected chi connectivity index (χ1v) is 22.0. The average molecular weight is 804 g/mol. The van der Waals surface area contributed by atoms with E-state index in [1.54, 1.807) is 0 Å². The summed E-state index contributed by atoms with van der Waals surface area (Å²) in [6, 6.07) is 77.8. The van der Waals surface area contributed by atoms with Crippen LogP contribution in [0.2, 0.25) is 0 Å². The Hall–Kier alpha value is -7.94. The lowest BCUT2D eigenvalue weighted by Gasteiger charge is -2.37. The third kappa shape index (κ3) is 5.25. The minimum atomic E-state index is -0.469. The van der Waals surface area contributed by atoms with Gasteiger partial charge in [-0.3, -0.25) is 0 Å². The van der Waals surface area contributed by atoms with E-state index < -0.39 is 5.41 Å². The Balaban J connectivity index is 1.06. The number of para-hydroxylation sites is 2. The van der Waals surface area contributed by atoms with Crippen molar-refractivity contribution in [1.82, 2.24) is 0 Å². The fourth-order valence-corrected chi connectivity index (χ4v) is 11.4. The number of fused-ring (bicyclic) bond motifs is 14. The Morgan fingerprint density at radius 1 is 0.413 bits per heavy atom. The average Bonchev–Trinajstić information content (AvgIpc) is 3.99. The third-order valence-corrected chi connectivity index (χ3v) is 14.0. The summed E-state index contributed by atoms with van der Waals surface area (Å²) in [5.41, 5.74) is 19.9. The molecule has 0 bridgehead atoms. The van der Waals surface area contributed by atoms with E-state index >= 15 is 0 Å². The molecule has 0 saturated heterocycles. The van der Waals surface area contributed by atoms with Crippen molar-refractivity contribution in [2.75, 3.05) is 4.90 Å². The van der Waals surface area contributed by atoms with Crippen LogP contribution in [0, 0.1) is 5.92 Å². The standard InChI is InChI=1S/C61H41NO/c1-3-16-40(17-4-1)42-30-34-44(35-31-42)62(45-36-32-43(33-37-45)41-18-5-2-6-19-41)56-28-13-9-21-47(56)50-25-15-24-49-46-20-7-11-26-53(46)61(59(49)50)54-27-12-8-23-52(54)58-55(61)39-38-51-48-22-10-14-29-57(48)63-60(51)58/h1-39,46,53H. The second kappa shape index (κ2) is 14.1. The van der Waals surface area contributed by atoms with Gasteiger partial charge in [0.2, 0.25) is 0 Å². The van der Waals surface area contributed by atoms with E-state index in [1.807, 2.05) is 0 Å². The summed E-state index contributed by atoms with van der Waals surface area (Å²) in [5, 5.41) is 2.32. The summed E-state index contributed by atoms with van der Waals surface area (Å²) in [7, 11) is 0. The Bertz CT molecular complexity index is 3370. The zero-order valence-corrected chi connectivity index (χ0v) is 34.5. The second-order valence-electron chi connectivity index (χ2n) is 17.1. The summed E-state index contributed by atoms with van der Waals surface area (Å²) < 4.78 is 6.88. The van der Waals surface area contributed by atoms with Crippen LogP contribution in [0.1, 0.15) is 28.2 Å². The van der Waals surface area contributed by atoms with Gasteiger partial charge in [0, 0.05) is 45.1 Å². The molecule has 9 aromatic carbocycles. The topological polar surface area (TPSA) is 16.4 Å². The summed E-state index contributed by atoms with van der Waals surface area (Å²) in [6.45, 7) is 0. The highest BCUT2D eigenvalue weighted by molar-refractivity contribution is 6.12. The highest BCUT2D eigenvalue weighted by Crippen LogP contribution is 2.68. The number of furan rings is 1. The Kier molecular flexibility index (Phi) is 7.98. The molecule has 0 radical (unpaired) electrons. The normalized spacial score (nSPS) is 17.8. The molecule has 3 atom stereocenters. The lowest BCUT2D eigenvalue weighted by molar-refractivity contribution is 0.466. The van der Waals surface area contributed by atoms with Crippen molar-refractivity contribution in [2.24, 2.45) is 5.92 Å². The van der Waals surface area contributed by atoms with Gasteiger partial charge in [-0.05, 0) is 92.0 Å².